The molecule has 3 rings (SSSR count). The molecule has 1 fully saturated rings. The summed E-state index contributed by atoms with van der Waals surface area (Å²) in [5.41, 5.74) is 1.16. The summed E-state index contributed by atoms with van der Waals surface area (Å²) in [6, 6.07) is 8.40. The van der Waals surface area contributed by atoms with E-state index in [1.54, 1.807) is 30.5 Å². The fourth-order valence-corrected chi connectivity index (χ4v) is 3.76. The lowest BCUT2D eigenvalue weighted by Gasteiger charge is -2.22. The number of aliphatic hydroxyl groups excluding tert-OH is 1. The smallest absolute Gasteiger partial charge is 0.251 e. The summed E-state index contributed by atoms with van der Waals surface area (Å²) in [6.45, 7) is 0.460. The number of rotatable bonds is 11. The van der Waals surface area contributed by atoms with Crippen molar-refractivity contribution in [3.63, 3.8) is 0 Å². The number of pyridine rings is 1. The van der Waals surface area contributed by atoms with Crippen LogP contribution < -0.4 is 10.6 Å². The molecule has 0 bridgehead atoms. The Labute approximate surface area is 193 Å². The van der Waals surface area contributed by atoms with Crippen molar-refractivity contribution in [1.29, 1.82) is 0 Å². The molecule has 2 aromatic rings. The van der Waals surface area contributed by atoms with Crippen LogP contribution in [0.2, 0.25) is 0 Å². The van der Waals surface area contributed by atoms with E-state index in [4.69, 9.17) is 4.74 Å². The standard InChI is InChI=1S/C25H31N3O5/c29-17-22(25(32)27-14-5-15-33-21-7-2-1-3-8-21)28-24(31)19-11-9-18(10-12-19)23(30)20-6-4-13-26-16-20/h4,6,9-13,16,21-22,29H,1-3,5,7-8,14-15,17H2,(H,27,32)(H,28,31)/t22-/m0/s1. The van der Waals surface area contributed by atoms with Crippen LogP contribution in [0.1, 0.15) is 64.8 Å². The molecule has 1 heterocycles. The topological polar surface area (TPSA) is 118 Å². The average Bonchev–Trinajstić information content (AvgIpc) is 2.87. The van der Waals surface area contributed by atoms with Crippen LogP contribution in [-0.4, -0.2) is 59.6 Å². The summed E-state index contributed by atoms with van der Waals surface area (Å²) in [5, 5.41) is 14.8. The lowest BCUT2D eigenvalue weighted by atomic mass is 9.98. The third kappa shape index (κ3) is 7.47. The van der Waals surface area contributed by atoms with Crippen LogP contribution in [0.5, 0.6) is 0 Å². The van der Waals surface area contributed by atoms with Crippen molar-refractivity contribution < 1.29 is 24.2 Å². The second kappa shape index (κ2) is 12.8. The number of hydrogen-bond acceptors (Lipinski definition) is 6. The van der Waals surface area contributed by atoms with Crippen molar-refractivity contribution >= 4 is 17.6 Å². The normalized spacial score (nSPS) is 14.9. The number of amides is 2. The number of benzene rings is 1. The molecule has 1 aromatic heterocycles. The lowest BCUT2D eigenvalue weighted by molar-refractivity contribution is -0.123. The van der Waals surface area contributed by atoms with Gasteiger partial charge in [0.25, 0.3) is 5.91 Å². The van der Waals surface area contributed by atoms with E-state index in [0.29, 0.717) is 36.8 Å². The summed E-state index contributed by atoms with van der Waals surface area (Å²) in [5.74, 6) is -1.16. The first-order valence-electron chi connectivity index (χ1n) is 11.4. The molecule has 0 saturated heterocycles. The summed E-state index contributed by atoms with van der Waals surface area (Å²) < 4.78 is 5.83. The van der Waals surface area contributed by atoms with Crippen molar-refractivity contribution in [2.45, 2.75) is 50.7 Å². The van der Waals surface area contributed by atoms with Crippen LogP contribution >= 0.6 is 0 Å². The Kier molecular flexibility index (Phi) is 9.53. The number of carbonyl (C=O) groups excluding carboxylic acids is 3. The quantitative estimate of drug-likeness (QED) is 0.355. The molecule has 8 nitrogen and oxygen atoms in total. The molecule has 1 aliphatic rings. The zero-order chi connectivity index (χ0) is 23.5. The molecular weight excluding hydrogens is 422 g/mol. The highest BCUT2D eigenvalue weighted by Crippen LogP contribution is 2.20. The third-order valence-corrected chi connectivity index (χ3v) is 5.66. The SMILES string of the molecule is O=C(N[C@@H](CO)C(=O)NCCCOC1CCCCC1)c1ccc(C(=O)c2cccnc2)cc1. The Morgan fingerprint density at radius 1 is 1.03 bits per heavy atom. The maximum Gasteiger partial charge on any atom is 0.251 e. The Bertz CT molecular complexity index is 911. The highest BCUT2D eigenvalue weighted by Gasteiger charge is 2.21. The average molecular weight is 454 g/mol. The highest BCUT2D eigenvalue weighted by molar-refractivity contribution is 6.09. The molecular formula is C25H31N3O5. The number of ketones is 1. The molecule has 1 aromatic carbocycles. The van der Waals surface area contributed by atoms with E-state index in [2.05, 4.69) is 15.6 Å². The molecule has 3 N–H and O–H groups in total. The van der Waals surface area contributed by atoms with Gasteiger partial charge in [-0.1, -0.05) is 31.4 Å². The first-order chi connectivity index (χ1) is 16.1. The molecule has 0 unspecified atom stereocenters. The van der Waals surface area contributed by atoms with Gasteiger partial charge in [-0.3, -0.25) is 19.4 Å². The van der Waals surface area contributed by atoms with Gasteiger partial charge in [0.1, 0.15) is 6.04 Å². The first-order valence-corrected chi connectivity index (χ1v) is 11.4. The van der Waals surface area contributed by atoms with Crippen LogP contribution in [0.15, 0.2) is 48.8 Å². The Hall–Kier alpha value is -3.10. The van der Waals surface area contributed by atoms with Crippen molar-refractivity contribution in [2.24, 2.45) is 0 Å². The van der Waals surface area contributed by atoms with Gasteiger partial charge in [-0.05, 0) is 43.5 Å². The van der Waals surface area contributed by atoms with Gasteiger partial charge in [0.2, 0.25) is 5.91 Å². The van der Waals surface area contributed by atoms with Gasteiger partial charge in [0.05, 0.1) is 12.7 Å². The summed E-state index contributed by atoms with van der Waals surface area (Å²) in [6.07, 6.45) is 9.96. The minimum absolute atomic E-state index is 0.199. The number of ether oxygens (including phenoxy) is 1. The molecule has 2 amide bonds. The van der Waals surface area contributed by atoms with Gasteiger partial charge in [0.15, 0.2) is 5.78 Å². The van der Waals surface area contributed by atoms with E-state index < -0.39 is 24.5 Å². The molecule has 0 spiro atoms. The summed E-state index contributed by atoms with van der Waals surface area (Å²) in [4.78, 5) is 41.2. The Balaban J connectivity index is 1.43. The third-order valence-electron chi connectivity index (χ3n) is 5.66. The van der Waals surface area contributed by atoms with Crippen LogP contribution in [0.25, 0.3) is 0 Å². The predicted octanol–water partition coefficient (Wildman–Crippen LogP) is 2.26. The first kappa shape index (κ1) is 24.5. The molecule has 0 radical (unpaired) electrons. The van der Waals surface area contributed by atoms with Crippen molar-refractivity contribution in [1.82, 2.24) is 15.6 Å². The van der Waals surface area contributed by atoms with Gasteiger partial charge in [-0.25, -0.2) is 0 Å². The van der Waals surface area contributed by atoms with Crippen molar-refractivity contribution in [3.05, 3.63) is 65.5 Å². The second-order valence-corrected chi connectivity index (χ2v) is 8.13. The molecule has 8 heteroatoms. The fraction of sp³-hybridized carbons (Fsp3) is 0.440. The predicted molar refractivity (Wildman–Crippen MR) is 123 cm³/mol. The van der Waals surface area contributed by atoms with Crippen LogP contribution in [0.4, 0.5) is 0 Å². The molecule has 176 valence electrons. The zero-order valence-corrected chi connectivity index (χ0v) is 18.7. The maximum absolute atomic E-state index is 12.5. The maximum atomic E-state index is 12.5. The van der Waals surface area contributed by atoms with Crippen LogP contribution in [0, 0.1) is 0 Å². The molecule has 1 atom stereocenters. The number of aliphatic hydroxyl groups is 1. The van der Waals surface area contributed by atoms with E-state index in [-0.39, 0.29) is 11.3 Å². The number of nitrogens with one attached hydrogen (secondary N) is 2. The van der Waals surface area contributed by atoms with E-state index in [1.807, 2.05) is 0 Å². The Morgan fingerprint density at radius 3 is 2.42 bits per heavy atom. The van der Waals surface area contributed by atoms with Gasteiger partial charge in [0, 0.05) is 42.2 Å². The van der Waals surface area contributed by atoms with Gasteiger partial charge < -0.3 is 20.5 Å². The van der Waals surface area contributed by atoms with Gasteiger partial charge >= 0.3 is 0 Å². The second-order valence-electron chi connectivity index (χ2n) is 8.13. The number of aromatic nitrogens is 1. The molecule has 1 saturated carbocycles. The van der Waals surface area contributed by atoms with Crippen molar-refractivity contribution in [3.8, 4) is 0 Å². The van der Waals surface area contributed by atoms with Crippen LogP contribution in [-0.2, 0) is 9.53 Å². The summed E-state index contributed by atoms with van der Waals surface area (Å²) >= 11 is 0. The fourth-order valence-electron chi connectivity index (χ4n) is 3.76. The molecule has 33 heavy (non-hydrogen) atoms. The Morgan fingerprint density at radius 2 is 1.76 bits per heavy atom. The summed E-state index contributed by atoms with van der Waals surface area (Å²) in [7, 11) is 0. The van der Waals surface area contributed by atoms with E-state index in [9.17, 15) is 19.5 Å². The zero-order valence-electron chi connectivity index (χ0n) is 18.7. The van der Waals surface area contributed by atoms with Gasteiger partial charge in [-0.15, -0.1) is 0 Å². The van der Waals surface area contributed by atoms with Crippen LogP contribution in [0.3, 0.4) is 0 Å². The number of nitrogens with zero attached hydrogens (tertiary/aromatic N) is 1. The lowest BCUT2D eigenvalue weighted by Crippen LogP contribution is -2.49. The minimum atomic E-state index is -1.06. The monoisotopic (exact) mass is 453 g/mol. The van der Waals surface area contributed by atoms with Gasteiger partial charge in [-0.2, -0.15) is 0 Å². The highest BCUT2D eigenvalue weighted by atomic mass is 16.5. The molecule has 1 aliphatic carbocycles. The van der Waals surface area contributed by atoms with E-state index in [1.165, 1.54) is 37.6 Å². The molecule has 0 aliphatic heterocycles. The number of carbonyl (C=O) groups is 3. The minimum Gasteiger partial charge on any atom is -0.394 e. The largest absolute Gasteiger partial charge is 0.394 e. The number of hydrogen-bond donors (Lipinski definition) is 3. The van der Waals surface area contributed by atoms with E-state index >= 15 is 0 Å². The van der Waals surface area contributed by atoms with E-state index in [0.717, 1.165) is 12.8 Å². The van der Waals surface area contributed by atoms with Crippen molar-refractivity contribution in [2.75, 3.05) is 19.8 Å².